The van der Waals surface area contributed by atoms with Crippen molar-refractivity contribution < 1.29 is 9.59 Å². The van der Waals surface area contributed by atoms with E-state index in [1.54, 1.807) is 19.0 Å². The van der Waals surface area contributed by atoms with Crippen molar-refractivity contribution in [2.75, 3.05) is 20.6 Å². The van der Waals surface area contributed by atoms with Crippen LogP contribution in [-0.2, 0) is 9.59 Å². The monoisotopic (exact) mass is 297 g/mol. The van der Waals surface area contributed by atoms with E-state index in [-0.39, 0.29) is 17.9 Å². The zero-order valence-corrected chi connectivity index (χ0v) is 14.1. The van der Waals surface area contributed by atoms with Crippen molar-refractivity contribution in [2.24, 2.45) is 11.8 Å². The van der Waals surface area contributed by atoms with Gasteiger partial charge in [-0.2, -0.15) is 0 Å². The molecule has 1 aliphatic heterocycles. The molecule has 1 heterocycles. The topological polar surface area (TPSA) is 61.4 Å². The smallest absolute Gasteiger partial charge is 0.244 e. The van der Waals surface area contributed by atoms with Crippen LogP contribution in [0.25, 0.3) is 0 Å². The Labute approximate surface area is 128 Å². The Hall–Kier alpha value is -1.10. The van der Waals surface area contributed by atoms with E-state index in [2.05, 4.69) is 31.4 Å². The molecule has 1 rings (SSSR count). The summed E-state index contributed by atoms with van der Waals surface area (Å²) in [5.41, 5.74) is 0. The Kier molecular flexibility index (Phi) is 7.15. The van der Waals surface area contributed by atoms with Crippen LogP contribution in [0.3, 0.4) is 0 Å². The second-order valence-electron chi connectivity index (χ2n) is 6.73. The van der Waals surface area contributed by atoms with Gasteiger partial charge < -0.3 is 15.5 Å². The number of carbonyl (C=O) groups is 2. The molecule has 3 unspecified atom stereocenters. The normalized spacial score (nSPS) is 23.7. The largest absolute Gasteiger partial charge is 0.347 e. The lowest BCUT2D eigenvalue weighted by atomic mass is 9.90. The van der Waals surface area contributed by atoms with Crippen molar-refractivity contribution in [3.8, 4) is 0 Å². The average Bonchev–Trinajstić information content (AvgIpc) is 2.45. The molecule has 2 N–H and O–H groups in total. The molecule has 2 amide bonds. The minimum Gasteiger partial charge on any atom is -0.347 e. The lowest BCUT2D eigenvalue weighted by Crippen LogP contribution is -2.54. The highest BCUT2D eigenvalue weighted by molar-refractivity contribution is 5.89. The number of hydrogen-bond donors (Lipinski definition) is 2. The highest BCUT2D eigenvalue weighted by Gasteiger charge is 2.30. The summed E-state index contributed by atoms with van der Waals surface area (Å²) in [6, 6.07) is -0.579. The van der Waals surface area contributed by atoms with E-state index in [1.165, 1.54) is 0 Å². The van der Waals surface area contributed by atoms with Gasteiger partial charge in [-0.3, -0.25) is 9.59 Å². The summed E-state index contributed by atoms with van der Waals surface area (Å²) in [6.45, 7) is 7.18. The maximum Gasteiger partial charge on any atom is 0.244 e. The van der Waals surface area contributed by atoms with Gasteiger partial charge in [0, 0.05) is 14.1 Å². The predicted octanol–water partition coefficient (Wildman–Crippen LogP) is 1.38. The minimum atomic E-state index is -0.420. The quantitative estimate of drug-likeness (QED) is 0.779. The van der Waals surface area contributed by atoms with Gasteiger partial charge in [-0.05, 0) is 37.6 Å². The van der Waals surface area contributed by atoms with Crippen LogP contribution in [0.2, 0.25) is 0 Å². The fraction of sp³-hybridized carbons (Fsp3) is 0.875. The van der Waals surface area contributed by atoms with Crippen LogP contribution in [0.15, 0.2) is 0 Å². The van der Waals surface area contributed by atoms with E-state index in [0.717, 1.165) is 25.8 Å². The fourth-order valence-corrected chi connectivity index (χ4v) is 2.84. The zero-order chi connectivity index (χ0) is 16.0. The van der Waals surface area contributed by atoms with Gasteiger partial charge in [0.25, 0.3) is 0 Å². The number of nitrogens with one attached hydrogen (secondary N) is 2. The van der Waals surface area contributed by atoms with Gasteiger partial charge in [0.15, 0.2) is 0 Å². The summed E-state index contributed by atoms with van der Waals surface area (Å²) < 4.78 is 0. The van der Waals surface area contributed by atoms with Crippen LogP contribution in [-0.4, -0.2) is 49.4 Å². The zero-order valence-electron chi connectivity index (χ0n) is 14.1. The van der Waals surface area contributed by atoms with Crippen LogP contribution < -0.4 is 10.6 Å². The van der Waals surface area contributed by atoms with Crippen LogP contribution in [0, 0.1) is 11.8 Å². The molecule has 3 atom stereocenters. The van der Waals surface area contributed by atoms with E-state index < -0.39 is 6.04 Å². The Morgan fingerprint density at radius 2 is 2.00 bits per heavy atom. The molecule has 21 heavy (non-hydrogen) atoms. The van der Waals surface area contributed by atoms with Gasteiger partial charge in [0.05, 0.1) is 6.04 Å². The number of amides is 2. The fourth-order valence-electron chi connectivity index (χ4n) is 2.84. The van der Waals surface area contributed by atoms with Crippen molar-refractivity contribution in [3.63, 3.8) is 0 Å². The van der Waals surface area contributed by atoms with Crippen molar-refractivity contribution in [3.05, 3.63) is 0 Å². The predicted molar refractivity (Wildman–Crippen MR) is 84.9 cm³/mol. The standard InChI is InChI=1S/C16H31N3O2/c1-6-12-7-8-17-13(10-12)15(20)18-14(9-11(2)3)16(21)19(4)5/h11-14,17H,6-10H2,1-5H3,(H,18,20). The van der Waals surface area contributed by atoms with Crippen molar-refractivity contribution in [2.45, 2.75) is 58.5 Å². The maximum absolute atomic E-state index is 12.4. The van der Waals surface area contributed by atoms with Gasteiger partial charge in [-0.1, -0.05) is 27.2 Å². The first kappa shape index (κ1) is 18.0. The Bertz CT molecular complexity index is 355. The van der Waals surface area contributed by atoms with E-state index >= 15 is 0 Å². The molecule has 0 saturated carbocycles. The molecule has 122 valence electrons. The summed E-state index contributed by atoms with van der Waals surface area (Å²) in [6.07, 6.45) is 3.78. The molecule has 0 aromatic rings. The highest BCUT2D eigenvalue weighted by atomic mass is 16.2. The minimum absolute atomic E-state index is 0.0279. The number of carbonyl (C=O) groups excluding carboxylic acids is 2. The first-order valence-corrected chi connectivity index (χ1v) is 8.10. The van der Waals surface area contributed by atoms with Crippen LogP contribution in [0.1, 0.15) is 46.5 Å². The summed E-state index contributed by atoms with van der Waals surface area (Å²) in [5.74, 6) is 0.908. The summed E-state index contributed by atoms with van der Waals surface area (Å²) in [5, 5.41) is 6.22. The maximum atomic E-state index is 12.4. The summed E-state index contributed by atoms with van der Waals surface area (Å²) in [7, 11) is 3.46. The molecular formula is C16H31N3O2. The van der Waals surface area contributed by atoms with Crippen molar-refractivity contribution >= 4 is 11.8 Å². The number of nitrogens with zero attached hydrogens (tertiary/aromatic N) is 1. The molecule has 0 radical (unpaired) electrons. The van der Waals surface area contributed by atoms with Crippen LogP contribution >= 0.6 is 0 Å². The lowest BCUT2D eigenvalue weighted by Gasteiger charge is -2.31. The van der Waals surface area contributed by atoms with Crippen LogP contribution in [0.5, 0.6) is 0 Å². The summed E-state index contributed by atoms with van der Waals surface area (Å²) in [4.78, 5) is 26.2. The molecule has 0 aromatic heterocycles. The van der Waals surface area contributed by atoms with E-state index in [4.69, 9.17) is 0 Å². The average molecular weight is 297 g/mol. The molecule has 0 aromatic carbocycles. The van der Waals surface area contributed by atoms with Gasteiger partial charge in [-0.25, -0.2) is 0 Å². The van der Waals surface area contributed by atoms with Gasteiger partial charge in [0.2, 0.25) is 11.8 Å². The third-order valence-corrected chi connectivity index (χ3v) is 4.17. The second-order valence-corrected chi connectivity index (χ2v) is 6.73. The molecular weight excluding hydrogens is 266 g/mol. The molecule has 0 bridgehead atoms. The van der Waals surface area contributed by atoms with E-state index in [0.29, 0.717) is 18.3 Å². The molecule has 1 saturated heterocycles. The van der Waals surface area contributed by atoms with E-state index in [1.807, 2.05) is 0 Å². The molecule has 1 fully saturated rings. The molecule has 5 nitrogen and oxygen atoms in total. The molecule has 0 spiro atoms. The Balaban J connectivity index is 2.64. The Morgan fingerprint density at radius 3 is 2.52 bits per heavy atom. The number of hydrogen-bond acceptors (Lipinski definition) is 3. The van der Waals surface area contributed by atoms with Crippen molar-refractivity contribution in [1.82, 2.24) is 15.5 Å². The van der Waals surface area contributed by atoms with E-state index in [9.17, 15) is 9.59 Å². The number of likely N-dealkylation sites (N-methyl/N-ethyl adjacent to an activating group) is 1. The van der Waals surface area contributed by atoms with Crippen LogP contribution in [0.4, 0.5) is 0 Å². The first-order chi connectivity index (χ1) is 9.85. The molecule has 5 heteroatoms. The van der Waals surface area contributed by atoms with Crippen molar-refractivity contribution in [1.29, 1.82) is 0 Å². The highest BCUT2D eigenvalue weighted by Crippen LogP contribution is 2.19. The first-order valence-electron chi connectivity index (χ1n) is 8.10. The molecule has 1 aliphatic rings. The Morgan fingerprint density at radius 1 is 1.33 bits per heavy atom. The third kappa shape index (κ3) is 5.65. The van der Waals surface area contributed by atoms with Gasteiger partial charge in [0.1, 0.15) is 6.04 Å². The number of piperidine rings is 1. The third-order valence-electron chi connectivity index (χ3n) is 4.17. The molecule has 0 aliphatic carbocycles. The summed E-state index contributed by atoms with van der Waals surface area (Å²) >= 11 is 0. The lowest BCUT2D eigenvalue weighted by molar-refractivity contribution is -0.135. The number of rotatable bonds is 6. The SMILES string of the molecule is CCC1CCNC(C(=O)NC(CC(C)C)C(=O)N(C)C)C1. The second kappa shape index (κ2) is 8.37. The van der Waals surface area contributed by atoms with Gasteiger partial charge >= 0.3 is 0 Å². The van der Waals surface area contributed by atoms with Gasteiger partial charge in [-0.15, -0.1) is 0 Å².